The molecule has 90 valence electrons. The lowest BCUT2D eigenvalue weighted by molar-refractivity contribution is 0.0308. The van der Waals surface area contributed by atoms with Gasteiger partial charge >= 0.3 is 0 Å². The fourth-order valence-electron chi connectivity index (χ4n) is 1.32. The van der Waals surface area contributed by atoms with Crippen LogP contribution in [0.2, 0.25) is 0 Å². The SMILES string of the molecule is CC#C/C(=N\OC[C@@H]1COCCN1)C(C)C. The molecule has 0 radical (unpaired) electrons. The molecular formula is C12H20N2O2. The Morgan fingerprint density at radius 2 is 2.44 bits per heavy atom. The van der Waals surface area contributed by atoms with E-state index in [9.17, 15) is 0 Å². The van der Waals surface area contributed by atoms with Gasteiger partial charge in [0, 0.05) is 12.5 Å². The molecule has 0 aliphatic carbocycles. The second-order valence-corrected chi connectivity index (χ2v) is 4.03. The molecule has 1 aliphatic rings. The van der Waals surface area contributed by atoms with Crippen LogP contribution in [0.5, 0.6) is 0 Å². The second kappa shape index (κ2) is 7.26. The predicted molar refractivity (Wildman–Crippen MR) is 64.3 cm³/mol. The summed E-state index contributed by atoms with van der Waals surface area (Å²) in [6, 6.07) is 0.237. The Labute approximate surface area is 97.4 Å². The van der Waals surface area contributed by atoms with Gasteiger partial charge in [0.05, 0.1) is 19.3 Å². The maximum Gasteiger partial charge on any atom is 0.134 e. The van der Waals surface area contributed by atoms with E-state index in [1.165, 1.54) is 0 Å². The molecule has 0 amide bonds. The summed E-state index contributed by atoms with van der Waals surface area (Å²) in [5.41, 5.74) is 0.791. The Hall–Kier alpha value is -1.05. The number of nitrogens with zero attached hydrogens (tertiary/aromatic N) is 1. The molecule has 0 spiro atoms. The van der Waals surface area contributed by atoms with E-state index in [2.05, 4.69) is 36.2 Å². The van der Waals surface area contributed by atoms with Crippen LogP contribution in [0.25, 0.3) is 0 Å². The molecular weight excluding hydrogens is 204 g/mol. The van der Waals surface area contributed by atoms with E-state index in [0.29, 0.717) is 19.1 Å². The topological polar surface area (TPSA) is 42.9 Å². The third-order valence-electron chi connectivity index (χ3n) is 2.24. The molecule has 1 saturated heterocycles. The first-order valence-electron chi connectivity index (χ1n) is 5.67. The molecule has 0 aromatic heterocycles. The summed E-state index contributed by atoms with van der Waals surface area (Å²) in [7, 11) is 0. The molecule has 1 N–H and O–H groups in total. The van der Waals surface area contributed by atoms with Gasteiger partial charge in [0.25, 0.3) is 0 Å². The van der Waals surface area contributed by atoms with Gasteiger partial charge in [-0.3, -0.25) is 0 Å². The van der Waals surface area contributed by atoms with Crippen LogP contribution in [0.3, 0.4) is 0 Å². The van der Waals surface area contributed by atoms with Gasteiger partial charge in [0.1, 0.15) is 12.3 Å². The number of morpholine rings is 1. The quantitative estimate of drug-likeness (QED) is 0.440. The highest BCUT2D eigenvalue weighted by atomic mass is 16.6. The van der Waals surface area contributed by atoms with Gasteiger partial charge in [0.2, 0.25) is 0 Å². The highest BCUT2D eigenvalue weighted by molar-refractivity contribution is 6.01. The Morgan fingerprint density at radius 3 is 3.00 bits per heavy atom. The molecule has 4 heteroatoms. The molecule has 0 aromatic rings. The van der Waals surface area contributed by atoms with Crippen molar-refractivity contribution in [2.45, 2.75) is 26.8 Å². The molecule has 4 nitrogen and oxygen atoms in total. The van der Waals surface area contributed by atoms with Crippen molar-refractivity contribution in [2.75, 3.05) is 26.4 Å². The third-order valence-corrected chi connectivity index (χ3v) is 2.24. The molecule has 1 aliphatic heterocycles. The van der Waals surface area contributed by atoms with Gasteiger partial charge < -0.3 is 14.9 Å². The van der Waals surface area contributed by atoms with Gasteiger partial charge in [-0.25, -0.2) is 0 Å². The molecule has 0 aromatic carbocycles. The van der Waals surface area contributed by atoms with Gasteiger partial charge in [-0.2, -0.15) is 0 Å². The molecule has 1 fully saturated rings. The first-order valence-corrected chi connectivity index (χ1v) is 5.67. The fourth-order valence-corrected chi connectivity index (χ4v) is 1.32. The maximum absolute atomic E-state index is 5.32. The van der Waals surface area contributed by atoms with E-state index >= 15 is 0 Å². The zero-order valence-electron chi connectivity index (χ0n) is 10.2. The molecule has 1 atom stereocenters. The maximum atomic E-state index is 5.32. The van der Waals surface area contributed by atoms with Crippen LogP contribution in [0, 0.1) is 17.8 Å². The van der Waals surface area contributed by atoms with Crippen molar-refractivity contribution in [1.82, 2.24) is 5.32 Å². The molecule has 1 rings (SSSR count). The van der Waals surface area contributed by atoms with E-state index in [0.717, 1.165) is 18.9 Å². The largest absolute Gasteiger partial charge is 0.393 e. The third kappa shape index (κ3) is 4.65. The summed E-state index contributed by atoms with van der Waals surface area (Å²) >= 11 is 0. The van der Waals surface area contributed by atoms with Gasteiger partial charge in [-0.1, -0.05) is 24.9 Å². The van der Waals surface area contributed by atoms with Gasteiger partial charge in [-0.05, 0) is 12.8 Å². The van der Waals surface area contributed by atoms with Gasteiger partial charge in [0.15, 0.2) is 0 Å². The highest BCUT2D eigenvalue weighted by Gasteiger charge is 2.13. The lowest BCUT2D eigenvalue weighted by Crippen LogP contribution is -2.43. The van der Waals surface area contributed by atoms with E-state index in [1.807, 2.05) is 0 Å². The molecule has 16 heavy (non-hydrogen) atoms. The summed E-state index contributed by atoms with van der Waals surface area (Å²) in [6.45, 7) is 8.77. The average Bonchev–Trinajstić information content (AvgIpc) is 2.29. The number of hydrogen-bond donors (Lipinski definition) is 1. The summed E-state index contributed by atoms with van der Waals surface area (Å²) in [6.07, 6.45) is 0. The Bertz CT molecular complexity index is 283. The van der Waals surface area contributed by atoms with Crippen molar-refractivity contribution < 1.29 is 9.57 Å². The first kappa shape index (κ1) is 13.0. The average molecular weight is 224 g/mol. The summed E-state index contributed by atoms with van der Waals surface area (Å²) in [5, 5.41) is 7.35. The van der Waals surface area contributed by atoms with Crippen molar-refractivity contribution in [3.05, 3.63) is 0 Å². The van der Waals surface area contributed by atoms with Crippen LogP contribution in [-0.2, 0) is 9.57 Å². The molecule has 0 bridgehead atoms. The number of rotatable bonds is 4. The molecule has 0 saturated carbocycles. The first-order chi connectivity index (χ1) is 7.74. The van der Waals surface area contributed by atoms with Crippen molar-refractivity contribution in [3.8, 4) is 11.8 Å². The van der Waals surface area contributed by atoms with E-state index in [-0.39, 0.29) is 6.04 Å². The van der Waals surface area contributed by atoms with Crippen molar-refractivity contribution in [2.24, 2.45) is 11.1 Å². The minimum absolute atomic E-state index is 0.237. The second-order valence-electron chi connectivity index (χ2n) is 4.03. The lowest BCUT2D eigenvalue weighted by Gasteiger charge is -2.22. The van der Waals surface area contributed by atoms with E-state index < -0.39 is 0 Å². The summed E-state index contributed by atoms with van der Waals surface area (Å²) < 4.78 is 5.32. The smallest absolute Gasteiger partial charge is 0.134 e. The number of oxime groups is 1. The van der Waals surface area contributed by atoms with E-state index in [1.54, 1.807) is 6.92 Å². The lowest BCUT2D eigenvalue weighted by atomic mass is 10.1. The number of ether oxygens (including phenoxy) is 1. The van der Waals surface area contributed by atoms with Crippen LogP contribution < -0.4 is 5.32 Å². The Balaban J connectivity index is 2.34. The highest BCUT2D eigenvalue weighted by Crippen LogP contribution is 1.99. The van der Waals surface area contributed by atoms with Crippen LogP contribution in [0.4, 0.5) is 0 Å². The fraction of sp³-hybridized carbons (Fsp3) is 0.750. The summed E-state index contributed by atoms with van der Waals surface area (Å²) in [5.74, 6) is 6.07. The number of hydrogen-bond acceptors (Lipinski definition) is 4. The normalized spacial score (nSPS) is 21.5. The van der Waals surface area contributed by atoms with E-state index in [4.69, 9.17) is 9.57 Å². The standard InChI is InChI=1S/C12H20N2O2/c1-4-5-12(10(2)3)14-16-9-11-8-15-7-6-13-11/h10-11,13H,6-9H2,1-3H3/b14-12+/t11-/m0/s1. The molecule has 1 heterocycles. The molecule has 0 unspecified atom stereocenters. The van der Waals surface area contributed by atoms with Crippen LogP contribution >= 0.6 is 0 Å². The zero-order chi connectivity index (χ0) is 11.8. The minimum Gasteiger partial charge on any atom is -0.393 e. The van der Waals surface area contributed by atoms with Crippen molar-refractivity contribution >= 4 is 5.71 Å². The minimum atomic E-state index is 0.237. The predicted octanol–water partition coefficient (Wildman–Crippen LogP) is 1.03. The summed E-state index contributed by atoms with van der Waals surface area (Å²) in [4.78, 5) is 5.29. The van der Waals surface area contributed by atoms with Crippen LogP contribution in [-0.4, -0.2) is 38.1 Å². The van der Waals surface area contributed by atoms with Crippen molar-refractivity contribution in [1.29, 1.82) is 0 Å². The van der Waals surface area contributed by atoms with Crippen LogP contribution in [0.1, 0.15) is 20.8 Å². The Kier molecular flexibility index (Phi) is 5.91. The van der Waals surface area contributed by atoms with Crippen LogP contribution in [0.15, 0.2) is 5.16 Å². The Morgan fingerprint density at radius 1 is 1.62 bits per heavy atom. The van der Waals surface area contributed by atoms with Crippen molar-refractivity contribution in [3.63, 3.8) is 0 Å². The van der Waals surface area contributed by atoms with Gasteiger partial charge in [-0.15, -0.1) is 0 Å². The number of nitrogens with one attached hydrogen (secondary N) is 1. The zero-order valence-corrected chi connectivity index (χ0v) is 10.2. The monoisotopic (exact) mass is 224 g/mol.